The standard InChI is InChI=1S/C14H9Cl2N3O2/c15-8-2-3-9(10(16)6-8)14-18-11-5-7(13(20)19-17)1-4-12(11)21-14/h1-6H,17H2,(H,19,20). The summed E-state index contributed by atoms with van der Waals surface area (Å²) in [5.74, 6) is 5.07. The molecule has 1 aromatic heterocycles. The molecule has 0 unspecified atom stereocenters. The molecule has 0 saturated heterocycles. The van der Waals surface area contributed by atoms with E-state index < -0.39 is 5.91 Å². The van der Waals surface area contributed by atoms with Gasteiger partial charge in [-0.25, -0.2) is 10.8 Å². The number of fused-ring (bicyclic) bond motifs is 1. The molecule has 1 heterocycles. The van der Waals surface area contributed by atoms with Gasteiger partial charge in [-0.3, -0.25) is 10.2 Å². The van der Waals surface area contributed by atoms with Gasteiger partial charge >= 0.3 is 0 Å². The molecule has 0 fully saturated rings. The van der Waals surface area contributed by atoms with Gasteiger partial charge in [0.05, 0.1) is 10.6 Å². The number of halogens is 2. The Morgan fingerprint density at radius 2 is 2.00 bits per heavy atom. The number of aromatic nitrogens is 1. The summed E-state index contributed by atoms with van der Waals surface area (Å²) in [5.41, 5.74) is 4.17. The number of carbonyl (C=O) groups excluding carboxylic acids is 1. The van der Waals surface area contributed by atoms with Crippen LogP contribution in [0.3, 0.4) is 0 Å². The van der Waals surface area contributed by atoms with Crippen LogP contribution in [0.5, 0.6) is 0 Å². The summed E-state index contributed by atoms with van der Waals surface area (Å²) in [6, 6.07) is 9.88. The minimum Gasteiger partial charge on any atom is -0.436 e. The van der Waals surface area contributed by atoms with E-state index in [0.717, 1.165) is 0 Å². The first-order valence-electron chi connectivity index (χ1n) is 5.95. The SMILES string of the molecule is NNC(=O)c1ccc2oc(-c3ccc(Cl)cc3Cl)nc2c1. The summed E-state index contributed by atoms with van der Waals surface area (Å²) in [4.78, 5) is 15.8. The summed E-state index contributed by atoms with van der Waals surface area (Å²) in [5, 5.41) is 0.968. The molecule has 3 N–H and O–H groups in total. The predicted molar refractivity (Wildman–Crippen MR) is 81.1 cm³/mol. The molecule has 5 nitrogen and oxygen atoms in total. The average molecular weight is 322 g/mol. The lowest BCUT2D eigenvalue weighted by Crippen LogP contribution is -2.29. The number of carbonyl (C=O) groups is 1. The molecule has 0 bridgehead atoms. The topological polar surface area (TPSA) is 81.1 Å². The Kier molecular flexibility index (Phi) is 3.55. The zero-order chi connectivity index (χ0) is 15.0. The van der Waals surface area contributed by atoms with Crippen molar-refractivity contribution in [2.45, 2.75) is 0 Å². The van der Waals surface area contributed by atoms with E-state index in [1.165, 1.54) is 0 Å². The van der Waals surface area contributed by atoms with Crippen LogP contribution in [-0.4, -0.2) is 10.9 Å². The van der Waals surface area contributed by atoms with Crippen molar-refractivity contribution in [1.82, 2.24) is 10.4 Å². The van der Waals surface area contributed by atoms with E-state index in [2.05, 4.69) is 10.4 Å². The summed E-state index contributed by atoms with van der Waals surface area (Å²) in [6.07, 6.45) is 0. The number of hydrogen-bond acceptors (Lipinski definition) is 4. The van der Waals surface area contributed by atoms with Gasteiger partial charge in [0.15, 0.2) is 5.58 Å². The van der Waals surface area contributed by atoms with Crippen LogP contribution >= 0.6 is 23.2 Å². The second-order valence-corrected chi connectivity index (χ2v) is 5.14. The lowest BCUT2D eigenvalue weighted by molar-refractivity contribution is 0.0954. The molecule has 2 aromatic carbocycles. The van der Waals surface area contributed by atoms with Crippen molar-refractivity contribution in [3.63, 3.8) is 0 Å². The van der Waals surface area contributed by atoms with Crippen molar-refractivity contribution < 1.29 is 9.21 Å². The number of nitrogens with two attached hydrogens (primary N) is 1. The molecule has 0 atom stereocenters. The normalized spacial score (nSPS) is 10.8. The Morgan fingerprint density at radius 1 is 1.19 bits per heavy atom. The lowest BCUT2D eigenvalue weighted by atomic mass is 10.2. The number of nitrogen functional groups attached to an aromatic ring is 1. The molecule has 0 aliphatic rings. The van der Waals surface area contributed by atoms with Crippen LogP contribution in [0.2, 0.25) is 10.0 Å². The molecule has 7 heteroatoms. The smallest absolute Gasteiger partial charge is 0.265 e. The van der Waals surface area contributed by atoms with Gasteiger partial charge in [-0.2, -0.15) is 0 Å². The third-order valence-corrected chi connectivity index (χ3v) is 3.49. The fourth-order valence-corrected chi connectivity index (χ4v) is 2.42. The van der Waals surface area contributed by atoms with Crippen molar-refractivity contribution >= 4 is 40.2 Å². The highest BCUT2D eigenvalue weighted by Crippen LogP contribution is 2.32. The van der Waals surface area contributed by atoms with Gasteiger partial charge in [-0.1, -0.05) is 23.2 Å². The summed E-state index contributed by atoms with van der Waals surface area (Å²) >= 11 is 12.0. The van der Waals surface area contributed by atoms with Gasteiger partial charge in [0.25, 0.3) is 5.91 Å². The molecule has 0 aliphatic carbocycles. The number of oxazole rings is 1. The van der Waals surface area contributed by atoms with E-state index >= 15 is 0 Å². The molecule has 3 rings (SSSR count). The van der Waals surface area contributed by atoms with E-state index in [9.17, 15) is 4.79 Å². The average Bonchev–Trinajstić information content (AvgIpc) is 2.88. The van der Waals surface area contributed by atoms with Crippen LogP contribution in [0.4, 0.5) is 0 Å². The predicted octanol–water partition coefficient (Wildman–Crippen LogP) is 3.41. The number of hydrogen-bond donors (Lipinski definition) is 2. The van der Waals surface area contributed by atoms with Gasteiger partial charge in [-0.15, -0.1) is 0 Å². The summed E-state index contributed by atoms with van der Waals surface area (Å²) in [7, 11) is 0. The van der Waals surface area contributed by atoms with Crippen molar-refractivity contribution in [3.8, 4) is 11.5 Å². The Morgan fingerprint density at radius 3 is 2.71 bits per heavy atom. The van der Waals surface area contributed by atoms with Crippen molar-refractivity contribution in [3.05, 3.63) is 52.0 Å². The molecule has 3 aromatic rings. The molecular weight excluding hydrogens is 313 g/mol. The van der Waals surface area contributed by atoms with Gasteiger partial charge in [0, 0.05) is 10.6 Å². The van der Waals surface area contributed by atoms with Crippen LogP contribution < -0.4 is 11.3 Å². The Hall–Kier alpha value is -2.08. The maximum atomic E-state index is 11.5. The summed E-state index contributed by atoms with van der Waals surface area (Å²) in [6.45, 7) is 0. The molecular formula is C14H9Cl2N3O2. The fraction of sp³-hybridized carbons (Fsp3) is 0. The minimum absolute atomic E-state index is 0.358. The number of benzene rings is 2. The maximum Gasteiger partial charge on any atom is 0.265 e. The molecule has 21 heavy (non-hydrogen) atoms. The first-order chi connectivity index (χ1) is 10.1. The molecule has 106 valence electrons. The highest BCUT2D eigenvalue weighted by atomic mass is 35.5. The fourth-order valence-electron chi connectivity index (χ4n) is 1.93. The monoisotopic (exact) mass is 321 g/mol. The summed E-state index contributed by atoms with van der Waals surface area (Å²) < 4.78 is 5.64. The van der Waals surface area contributed by atoms with Gasteiger partial charge in [0.2, 0.25) is 5.89 Å². The van der Waals surface area contributed by atoms with Gasteiger partial charge in [0.1, 0.15) is 5.52 Å². The lowest BCUT2D eigenvalue weighted by Gasteiger charge is -1.98. The Balaban J connectivity index is 2.10. The molecule has 0 radical (unpaired) electrons. The van der Waals surface area contributed by atoms with Crippen molar-refractivity contribution in [2.24, 2.45) is 5.84 Å². The second-order valence-electron chi connectivity index (χ2n) is 4.30. The van der Waals surface area contributed by atoms with Crippen molar-refractivity contribution in [2.75, 3.05) is 0 Å². The Labute approximate surface area is 129 Å². The van der Waals surface area contributed by atoms with Crippen molar-refractivity contribution in [1.29, 1.82) is 0 Å². The van der Waals surface area contributed by atoms with E-state index in [1.54, 1.807) is 36.4 Å². The van der Waals surface area contributed by atoms with Gasteiger partial charge in [-0.05, 0) is 36.4 Å². The molecule has 0 saturated carbocycles. The number of rotatable bonds is 2. The van der Waals surface area contributed by atoms with Crippen LogP contribution in [0.15, 0.2) is 40.8 Å². The Bertz CT molecular complexity index is 845. The third-order valence-electron chi connectivity index (χ3n) is 2.94. The van der Waals surface area contributed by atoms with E-state index in [1.807, 2.05) is 0 Å². The molecule has 0 aliphatic heterocycles. The quantitative estimate of drug-likeness (QED) is 0.430. The number of nitrogens with zero attached hydrogens (tertiary/aromatic N) is 1. The first-order valence-corrected chi connectivity index (χ1v) is 6.71. The van der Waals surface area contributed by atoms with E-state index in [-0.39, 0.29) is 0 Å². The molecule has 1 amide bonds. The van der Waals surface area contributed by atoms with Crippen LogP contribution in [-0.2, 0) is 0 Å². The largest absolute Gasteiger partial charge is 0.436 e. The number of amides is 1. The maximum absolute atomic E-state index is 11.5. The van der Waals surface area contributed by atoms with Gasteiger partial charge < -0.3 is 4.42 Å². The number of hydrazine groups is 1. The third kappa shape index (κ3) is 2.58. The highest BCUT2D eigenvalue weighted by Gasteiger charge is 2.13. The number of nitrogens with one attached hydrogen (secondary N) is 1. The van der Waals surface area contributed by atoms with E-state index in [0.29, 0.717) is 38.2 Å². The highest BCUT2D eigenvalue weighted by molar-refractivity contribution is 6.36. The van der Waals surface area contributed by atoms with E-state index in [4.69, 9.17) is 33.5 Å². The first kappa shape index (κ1) is 13.9. The second kappa shape index (κ2) is 5.37. The van der Waals surface area contributed by atoms with Crippen LogP contribution in [0.25, 0.3) is 22.6 Å². The molecule has 0 spiro atoms. The zero-order valence-electron chi connectivity index (χ0n) is 10.6. The van der Waals surface area contributed by atoms with Crippen LogP contribution in [0, 0.1) is 0 Å². The van der Waals surface area contributed by atoms with Crippen LogP contribution in [0.1, 0.15) is 10.4 Å². The zero-order valence-corrected chi connectivity index (χ0v) is 12.1. The minimum atomic E-state index is -0.397.